The predicted molar refractivity (Wildman–Crippen MR) is 86.7 cm³/mol. The van der Waals surface area contributed by atoms with Gasteiger partial charge in [0.15, 0.2) is 0 Å². The molecule has 0 radical (unpaired) electrons. The Morgan fingerprint density at radius 2 is 1.60 bits per heavy atom. The Balaban J connectivity index is 2.64. The van der Waals surface area contributed by atoms with Crippen LogP contribution >= 0.6 is 0 Å². The molecule has 0 aliphatic carbocycles. The lowest BCUT2D eigenvalue weighted by Crippen LogP contribution is -2.24. The van der Waals surface area contributed by atoms with E-state index in [2.05, 4.69) is 58.9 Å². The van der Waals surface area contributed by atoms with Gasteiger partial charge in [0.1, 0.15) is 5.78 Å². The molecule has 0 saturated carbocycles. The van der Waals surface area contributed by atoms with Crippen LogP contribution in [-0.4, -0.2) is 5.78 Å². The maximum Gasteiger partial charge on any atom is 0.136 e. The van der Waals surface area contributed by atoms with Gasteiger partial charge in [0.2, 0.25) is 0 Å². The van der Waals surface area contributed by atoms with Crippen molar-refractivity contribution in [3.63, 3.8) is 0 Å². The van der Waals surface area contributed by atoms with Gasteiger partial charge in [0.05, 0.1) is 0 Å². The first-order chi connectivity index (χ1) is 9.40. The molecular weight excluding hydrogens is 244 g/mol. The van der Waals surface area contributed by atoms with Crippen LogP contribution in [-0.2, 0) is 11.2 Å². The van der Waals surface area contributed by atoms with Crippen molar-refractivity contribution in [3.8, 4) is 0 Å². The summed E-state index contributed by atoms with van der Waals surface area (Å²) in [6.07, 6.45) is 2.75. The summed E-state index contributed by atoms with van der Waals surface area (Å²) in [6.45, 7) is 11.0. The molecule has 112 valence electrons. The van der Waals surface area contributed by atoms with Gasteiger partial charge in [-0.25, -0.2) is 0 Å². The summed E-state index contributed by atoms with van der Waals surface area (Å²) in [4.78, 5) is 12.6. The highest BCUT2D eigenvalue weighted by molar-refractivity contribution is 5.81. The topological polar surface area (TPSA) is 17.1 Å². The number of rotatable bonds is 8. The summed E-state index contributed by atoms with van der Waals surface area (Å²) >= 11 is 0. The average molecular weight is 274 g/mol. The Labute approximate surface area is 124 Å². The van der Waals surface area contributed by atoms with E-state index in [0.717, 1.165) is 19.3 Å². The molecule has 0 heterocycles. The smallest absolute Gasteiger partial charge is 0.136 e. The molecule has 0 N–H and O–H groups in total. The summed E-state index contributed by atoms with van der Waals surface area (Å²) in [5, 5.41) is 0. The number of hydrogen-bond acceptors (Lipinski definition) is 1. The third-order valence-electron chi connectivity index (χ3n) is 3.94. The first-order valence-corrected chi connectivity index (χ1v) is 7.96. The van der Waals surface area contributed by atoms with Crippen LogP contribution in [0.25, 0.3) is 0 Å². The highest BCUT2D eigenvalue weighted by Crippen LogP contribution is 2.24. The molecule has 0 saturated heterocycles. The van der Waals surface area contributed by atoms with Crippen LogP contribution in [0.3, 0.4) is 0 Å². The largest absolute Gasteiger partial charge is 0.299 e. The summed E-state index contributed by atoms with van der Waals surface area (Å²) in [5.41, 5.74) is 1.27. The molecule has 0 bridgehead atoms. The standard InChI is InChI=1S/C19H30O/c1-14(2)11-16(5)12-19(20)18(15(3)4)13-17-9-7-6-8-10-17/h6-10,14-16,18H,11-13H2,1-5H3/t16-,18+/m0/s1. The molecule has 1 aromatic rings. The van der Waals surface area contributed by atoms with Crippen molar-refractivity contribution in [2.45, 2.75) is 53.9 Å². The second-order valence-electron chi connectivity index (χ2n) is 6.95. The Bertz CT molecular complexity index is 391. The van der Waals surface area contributed by atoms with Crippen LogP contribution in [0.1, 0.15) is 53.0 Å². The molecule has 0 aliphatic heterocycles. The number of hydrogen-bond donors (Lipinski definition) is 0. The zero-order valence-electron chi connectivity index (χ0n) is 13.7. The summed E-state index contributed by atoms with van der Waals surface area (Å²) < 4.78 is 0. The van der Waals surface area contributed by atoms with Crippen LogP contribution in [0.15, 0.2) is 30.3 Å². The van der Waals surface area contributed by atoms with Crippen molar-refractivity contribution in [2.24, 2.45) is 23.7 Å². The van der Waals surface area contributed by atoms with Gasteiger partial charge in [-0.15, -0.1) is 0 Å². The normalized spacial score (nSPS) is 14.6. The first-order valence-electron chi connectivity index (χ1n) is 7.96. The number of Topliss-reactive ketones (excluding diaryl/α,β-unsaturated/α-hetero) is 1. The monoisotopic (exact) mass is 274 g/mol. The number of carbonyl (C=O) groups excluding carboxylic acids is 1. The quantitative estimate of drug-likeness (QED) is 0.641. The average Bonchev–Trinajstić information content (AvgIpc) is 2.35. The van der Waals surface area contributed by atoms with Crippen molar-refractivity contribution in [2.75, 3.05) is 0 Å². The molecule has 0 amide bonds. The maximum absolute atomic E-state index is 12.6. The fraction of sp³-hybridized carbons (Fsp3) is 0.632. The van der Waals surface area contributed by atoms with Gasteiger partial charge in [-0.3, -0.25) is 4.79 Å². The Morgan fingerprint density at radius 1 is 1.00 bits per heavy atom. The van der Waals surface area contributed by atoms with Gasteiger partial charge >= 0.3 is 0 Å². The third-order valence-corrected chi connectivity index (χ3v) is 3.94. The zero-order chi connectivity index (χ0) is 15.1. The van der Waals surface area contributed by atoms with Crippen LogP contribution in [0, 0.1) is 23.7 Å². The lowest BCUT2D eigenvalue weighted by Gasteiger charge is -2.22. The van der Waals surface area contributed by atoms with E-state index in [1.807, 2.05) is 6.07 Å². The molecule has 2 atom stereocenters. The minimum atomic E-state index is 0.159. The highest BCUT2D eigenvalue weighted by Gasteiger charge is 2.24. The predicted octanol–water partition coefficient (Wildman–Crippen LogP) is 5.14. The molecule has 1 aromatic carbocycles. The Hall–Kier alpha value is -1.11. The fourth-order valence-electron chi connectivity index (χ4n) is 2.97. The van der Waals surface area contributed by atoms with Gasteiger partial charge in [-0.05, 0) is 36.2 Å². The number of carbonyl (C=O) groups is 1. The van der Waals surface area contributed by atoms with Crippen molar-refractivity contribution < 1.29 is 4.79 Å². The zero-order valence-corrected chi connectivity index (χ0v) is 13.7. The minimum Gasteiger partial charge on any atom is -0.299 e. The lowest BCUT2D eigenvalue weighted by molar-refractivity contribution is -0.125. The van der Waals surface area contributed by atoms with Crippen LogP contribution in [0.4, 0.5) is 0 Å². The summed E-state index contributed by atoms with van der Waals surface area (Å²) in [7, 11) is 0. The van der Waals surface area contributed by atoms with E-state index < -0.39 is 0 Å². The molecule has 0 aliphatic rings. The molecule has 0 fully saturated rings. The van der Waals surface area contributed by atoms with Gasteiger partial charge in [-0.2, -0.15) is 0 Å². The Morgan fingerprint density at radius 3 is 2.10 bits per heavy atom. The summed E-state index contributed by atoms with van der Waals surface area (Å²) in [6, 6.07) is 10.4. The van der Waals surface area contributed by atoms with Crippen LogP contribution < -0.4 is 0 Å². The SMILES string of the molecule is CC(C)C[C@H](C)CC(=O)[C@H](Cc1ccccc1)C(C)C. The van der Waals surface area contributed by atoms with E-state index in [9.17, 15) is 4.79 Å². The molecule has 0 spiro atoms. The fourth-order valence-corrected chi connectivity index (χ4v) is 2.97. The second kappa shape index (κ2) is 8.24. The van der Waals surface area contributed by atoms with Crippen molar-refractivity contribution in [1.29, 1.82) is 0 Å². The number of benzene rings is 1. The second-order valence-corrected chi connectivity index (χ2v) is 6.95. The van der Waals surface area contributed by atoms with E-state index >= 15 is 0 Å². The van der Waals surface area contributed by atoms with E-state index in [4.69, 9.17) is 0 Å². The van der Waals surface area contributed by atoms with Gasteiger partial charge < -0.3 is 0 Å². The lowest BCUT2D eigenvalue weighted by atomic mass is 9.81. The molecule has 1 rings (SSSR count). The van der Waals surface area contributed by atoms with Crippen LogP contribution in [0.2, 0.25) is 0 Å². The number of ketones is 1. The van der Waals surface area contributed by atoms with E-state index in [1.54, 1.807) is 0 Å². The van der Waals surface area contributed by atoms with Gasteiger partial charge in [-0.1, -0.05) is 65.0 Å². The van der Waals surface area contributed by atoms with Gasteiger partial charge in [0, 0.05) is 12.3 Å². The van der Waals surface area contributed by atoms with Crippen molar-refractivity contribution in [1.82, 2.24) is 0 Å². The minimum absolute atomic E-state index is 0.159. The molecule has 0 aromatic heterocycles. The Kier molecular flexibility index (Phi) is 6.98. The molecule has 20 heavy (non-hydrogen) atoms. The third kappa shape index (κ3) is 5.90. The van der Waals surface area contributed by atoms with E-state index in [0.29, 0.717) is 23.5 Å². The van der Waals surface area contributed by atoms with Crippen LogP contribution in [0.5, 0.6) is 0 Å². The maximum atomic E-state index is 12.6. The van der Waals surface area contributed by atoms with Crippen molar-refractivity contribution >= 4 is 5.78 Å². The first kappa shape index (κ1) is 16.9. The van der Waals surface area contributed by atoms with Crippen molar-refractivity contribution in [3.05, 3.63) is 35.9 Å². The van der Waals surface area contributed by atoms with E-state index in [1.165, 1.54) is 5.56 Å². The van der Waals surface area contributed by atoms with E-state index in [-0.39, 0.29) is 5.92 Å². The molecule has 1 nitrogen and oxygen atoms in total. The molecular formula is C19H30O. The van der Waals surface area contributed by atoms with Gasteiger partial charge in [0.25, 0.3) is 0 Å². The molecule has 0 unspecified atom stereocenters. The highest BCUT2D eigenvalue weighted by atomic mass is 16.1. The summed E-state index contributed by atoms with van der Waals surface area (Å²) in [5.74, 6) is 2.18. The molecule has 1 heteroatoms.